The van der Waals surface area contributed by atoms with Crippen molar-refractivity contribution >= 4 is 29.4 Å². The summed E-state index contributed by atoms with van der Waals surface area (Å²) in [4.78, 5) is 49.5. The molecule has 14 nitrogen and oxygen atoms in total. The number of aromatic nitrogens is 2. The number of carbonyl (C=O) groups is 3. The van der Waals surface area contributed by atoms with Crippen LogP contribution in [0.4, 0.5) is 5.95 Å². The van der Waals surface area contributed by atoms with Gasteiger partial charge in [0, 0.05) is 48.4 Å². The quantitative estimate of drug-likeness (QED) is 0.165. The summed E-state index contributed by atoms with van der Waals surface area (Å²) in [6.07, 6.45) is 8.92. The predicted molar refractivity (Wildman–Crippen MR) is 176 cm³/mol. The van der Waals surface area contributed by atoms with Crippen LogP contribution in [0.1, 0.15) is 52.5 Å². The highest BCUT2D eigenvalue weighted by Gasteiger charge is 2.70. The number of carbonyl (C=O) groups excluding carboxylic acids is 3. The Morgan fingerprint density at radius 2 is 1.94 bits per heavy atom. The van der Waals surface area contributed by atoms with Gasteiger partial charge >= 0.3 is 11.9 Å². The Morgan fingerprint density at radius 3 is 2.57 bits per heavy atom. The molecule has 5 unspecified atom stereocenters. The van der Waals surface area contributed by atoms with Crippen molar-refractivity contribution in [3.05, 3.63) is 47.5 Å². The summed E-state index contributed by atoms with van der Waals surface area (Å²) in [5, 5.41) is 25.5. The fourth-order valence-corrected chi connectivity index (χ4v) is 8.62. The third-order valence-electron chi connectivity index (χ3n) is 11.5. The van der Waals surface area contributed by atoms with E-state index in [2.05, 4.69) is 22.2 Å². The Morgan fingerprint density at radius 1 is 1.24 bits per heavy atom. The van der Waals surface area contributed by atoms with E-state index in [-0.39, 0.29) is 65.4 Å². The number of morpholine rings is 1. The maximum Gasteiger partial charge on any atom is 0.343 e. The molecule has 2 aliphatic carbocycles. The topological polar surface area (TPSA) is 199 Å². The summed E-state index contributed by atoms with van der Waals surface area (Å²) >= 11 is 0. The van der Waals surface area contributed by atoms with Crippen LogP contribution in [0.15, 0.2) is 42.0 Å². The molecule has 0 bridgehead atoms. The lowest BCUT2D eigenvalue weighted by Crippen LogP contribution is -2.67. The molecule has 6 rings (SSSR count). The first kappa shape index (κ1) is 35.1. The average Bonchev–Trinajstić information content (AvgIpc) is 3.80. The second kappa shape index (κ2) is 13.6. The second-order valence-corrected chi connectivity index (χ2v) is 14.3. The van der Waals surface area contributed by atoms with E-state index in [0.717, 1.165) is 0 Å². The van der Waals surface area contributed by atoms with Crippen LogP contribution in [0.2, 0.25) is 0 Å². The third-order valence-corrected chi connectivity index (χ3v) is 11.5. The molecule has 0 aromatic carbocycles. The highest BCUT2D eigenvalue weighted by Crippen LogP contribution is 2.65. The van der Waals surface area contributed by atoms with E-state index in [9.17, 15) is 24.6 Å². The summed E-state index contributed by atoms with van der Waals surface area (Å²) in [7, 11) is 0. The molecule has 1 aromatic rings. The fraction of sp³-hybridized carbons (Fsp3) is 0.629. The molecule has 3 aliphatic heterocycles. The van der Waals surface area contributed by atoms with Gasteiger partial charge in [0.25, 0.3) is 0 Å². The number of cyclic esters (lactones) is 1. The summed E-state index contributed by atoms with van der Waals surface area (Å²) in [5.74, 6) is -1.76. The van der Waals surface area contributed by atoms with Crippen LogP contribution in [0.25, 0.3) is 5.57 Å². The lowest BCUT2D eigenvalue weighted by Gasteiger charge is -2.62. The number of aliphatic hydroxyl groups is 2. The number of hydrogen-bond acceptors (Lipinski definition) is 13. The molecular formula is C35H47N5O9. The Labute approximate surface area is 285 Å². The number of fused-ring (bicyclic) bond motifs is 1. The number of ether oxygens (including phenoxy) is 4. The maximum absolute atomic E-state index is 13.5. The third kappa shape index (κ3) is 6.29. The SMILES string of the molecule is CCOC(=O)/C(=C1C=C(/C=C/C2C3(CO3)C(NC(C)C(=O)N3CCOCC3)CC3[C@]2(C)CC[C@@H](O)[C@@]3(C)CO)C(=O)O/1)c1cnc(N)nc1. The van der Waals surface area contributed by atoms with Crippen LogP contribution in [-0.2, 0) is 33.3 Å². The van der Waals surface area contributed by atoms with Crippen LogP contribution in [0.5, 0.6) is 0 Å². The van der Waals surface area contributed by atoms with Gasteiger partial charge in [-0.2, -0.15) is 0 Å². The Bertz CT molecular complexity index is 1550. The molecule has 1 aromatic heterocycles. The first-order valence-corrected chi connectivity index (χ1v) is 17.0. The average molecular weight is 682 g/mol. The van der Waals surface area contributed by atoms with E-state index in [1.165, 1.54) is 18.5 Å². The van der Waals surface area contributed by atoms with Crippen LogP contribution in [0, 0.1) is 22.7 Å². The number of nitrogen functional groups attached to an aromatic ring is 1. The molecule has 49 heavy (non-hydrogen) atoms. The molecule has 14 heteroatoms. The summed E-state index contributed by atoms with van der Waals surface area (Å²) in [6, 6.07) is -0.789. The fourth-order valence-electron chi connectivity index (χ4n) is 8.62. The van der Waals surface area contributed by atoms with Gasteiger partial charge in [-0.15, -0.1) is 0 Å². The zero-order chi connectivity index (χ0) is 35.1. The van der Waals surface area contributed by atoms with Gasteiger partial charge in [-0.1, -0.05) is 26.0 Å². The zero-order valence-electron chi connectivity index (χ0n) is 28.5. The van der Waals surface area contributed by atoms with Gasteiger partial charge in [0.05, 0.1) is 50.8 Å². The number of aliphatic hydroxyl groups excluding tert-OH is 2. The molecule has 5 aliphatic rings. The van der Waals surface area contributed by atoms with E-state index < -0.39 is 40.5 Å². The number of allylic oxidation sites excluding steroid dienone is 1. The molecular weight excluding hydrogens is 634 g/mol. The standard InChI is InChI=1S/C35H47N5O9/c1-5-47-31(45)28(22-16-37-32(36)38-17-22)23-14-21(30(44)49-23)6-7-24-33(3)9-8-27(42)34(4,18-41)25(33)15-26(35(24)19-48-35)39-20(2)29(43)40-10-12-46-13-11-40/h6-7,14,16-17,20,24-27,39,41-42H,5,8-13,15,18-19H2,1-4H3,(H2,36,37,38)/b7-6+,28-23-/t20?,24?,25?,26?,27-,33-,34+,35?/m1/s1. The van der Waals surface area contributed by atoms with Gasteiger partial charge in [-0.3, -0.25) is 4.79 Å². The van der Waals surface area contributed by atoms with Crippen LogP contribution in [0.3, 0.4) is 0 Å². The van der Waals surface area contributed by atoms with Crippen molar-refractivity contribution in [2.75, 3.05) is 51.9 Å². The lowest BCUT2D eigenvalue weighted by molar-refractivity contribution is -0.174. The van der Waals surface area contributed by atoms with Gasteiger partial charge in [0.2, 0.25) is 11.9 Å². The predicted octanol–water partition coefficient (Wildman–Crippen LogP) is 1.14. The summed E-state index contributed by atoms with van der Waals surface area (Å²) < 4.78 is 22.6. The van der Waals surface area contributed by atoms with E-state index in [0.29, 0.717) is 52.2 Å². The van der Waals surface area contributed by atoms with Crippen LogP contribution in [-0.4, -0.2) is 113 Å². The van der Waals surface area contributed by atoms with E-state index in [1.807, 2.05) is 19.9 Å². The first-order chi connectivity index (χ1) is 23.4. The normalized spacial score (nSPS) is 35.8. The maximum atomic E-state index is 13.5. The second-order valence-electron chi connectivity index (χ2n) is 14.3. The Balaban J connectivity index is 1.36. The minimum Gasteiger partial charge on any atom is -0.462 e. The summed E-state index contributed by atoms with van der Waals surface area (Å²) in [6.45, 7) is 10.0. The van der Waals surface area contributed by atoms with Crippen molar-refractivity contribution in [2.24, 2.45) is 22.7 Å². The molecule has 0 radical (unpaired) electrons. The number of esters is 2. The number of rotatable bonds is 9. The number of hydrogen-bond donors (Lipinski definition) is 4. The first-order valence-electron chi connectivity index (χ1n) is 17.0. The zero-order valence-corrected chi connectivity index (χ0v) is 28.5. The Hall–Kier alpha value is -3.69. The monoisotopic (exact) mass is 681 g/mol. The molecule has 2 saturated carbocycles. The molecule has 1 spiro atoms. The smallest absolute Gasteiger partial charge is 0.343 e. The van der Waals surface area contributed by atoms with Crippen molar-refractivity contribution in [1.82, 2.24) is 20.2 Å². The number of amides is 1. The van der Waals surface area contributed by atoms with Gasteiger partial charge in [-0.25, -0.2) is 19.6 Å². The number of anilines is 1. The largest absolute Gasteiger partial charge is 0.462 e. The van der Waals surface area contributed by atoms with E-state index >= 15 is 0 Å². The summed E-state index contributed by atoms with van der Waals surface area (Å²) in [5.41, 5.74) is 4.22. The molecule has 266 valence electrons. The molecule has 4 fully saturated rings. The number of nitrogens with one attached hydrogen (secondary N) is 1. The molecule has 1 amide bonds. The highest BCUT2D eigenvalue weighted by atomic mass is 16.6. The van der Waals surface area contributed by atoms with Gasteiger partial charge in [0.1, 0.15) is 16.9 Å². The Kier molecular flexibility index (Phi) is 9.72. The molecule has 8 atom stereocenters. The number of nitrogens with two attached hydrogens (primary N) is 1. The minimum atomic E-state index is -0.801. The van der Waals surface area contributed by atoms with Gasteiger partial charge < -0.3 is 45.1 Å². The highest BCUT2D eigenvalue weighted by molar-refractivity contribution is 6.18. The van der Waals surface area contributed by atoms with Gasteiger partial charge in [-0.05, 0) is 50.5 Å². The number of nitrogens with zero attached hydrogens (tertiary/aromatic N) is 3. The number of epoxide rings is 1. The van der Waals surface area contributed by atoms with Crippen molar-refractivity contribution < 1.29 is 43.5 Å². The van der Waals surface area contributed by atoms with Crippen molar-refractivity contribution in [3.8, 4) is 0 Å². The van der Waals surface area contributed by atoms with E-state index in [4.69, 9.17) is 24.7 Å². The molecule has 4 heterocycles. The van der Waals surface area contributed by atoms with Crippen molar-refractivity contribution in [1.29, 1.82) is 0 Å². The van der Waals surface area contributed by atoms with Crippen molar-refractivity contribution in [3.63, 3.8) is 0 Å². The van der Waals surface area contributed by atoms with Crippen molar-refractivity contribution in [2.45, 2.75) is 70.7 Å². The lowest BCUT2D eigenvalue weighted by atomic mass is 9.44. The van der Waals surface area contributed by atoms with Crippen LogP contribution < -0.4 is 11.1 Å². The van der Waals surface area contributed by atoms with Crippen LogP contribution >= 0.6 is 0 Å². The molecule has 5 N–H and O–H groups in total. The minimum absolute atomic E-state index is 0.00484. The van der Waals surface area contributed by atoms with Gasteiger partial charge in [0.15, 0.2) is 0 Å². The van der Waals surface area contributed by atoms with E-state index in [1.54, 1.807) is 17.9 Å². The molecule has 2 saturated heterocycles.